The molecule has 0 aromatic rings. The van der Waals surface area contributed by atoms with E-state index in [9.17, 15) is 14.4 Å². The number of ether oxygens (including phenoxy) is 3. The van der Waals surface area contributed by atoms with Crippen LogP contribution >= 0.6 is 23.5 Å². The first-order valence-corrected chi connectivity index (χ1v) is 10.9. The summed E-state index contributed by atoms with van der Waals surface area (Å²) < 4.78 is 15.4. The fourth-order valence-corrected chi connectivity index (χ4v) is 5.98. The van der Waals surface area contributed by atoms with Crippen LogP contribution in [0.2, 0.25) is 0 Å². The van der Waals surface area contributed by atoms with Crippen molar-refractivity contribution in [1.29, 1.82) is 0 Å². The maximum absolute atomic E-state index is 12.6. The van der Waals surface area contributed by atoms with Crippen LogP contribution in [0.3, 0.4) is 0 Å². The van der Waals surface area contributed by atoms with Crippen molar-refractivity contribution >= 4 is 41.6 Å². The van der Waals surface area contributed by atoms with Gasteiger partial charge in [0.1, 0.15) is 11.6 Å². The number of carbonyl (C=O) groups excluding carboxylic acids is 3. The number of thioether (sulfide) groups is 2. The lowest BCUT2D eigenvalue weighted by molar-refractivity contribution is -0.175. The van der Waals surface area contributed by atoms with Crippen molar-refractivity contribution < 1.29 is 28.6 Å². The molecule has 1 amide bonds. The van der Waals surface area contributed by atoms with E-state index in [2.05, 4.69) is 0 Å². The van der Waals surface area contributed by atoms with Crippen molar-refractivity contribution in [2.75, 3.05) is 24.8 Å². The van der Waals surface area contributed by atoms with Crippen molar-refractivity contribution in [3.05, 3.63) is 0 Å². The molecule has 27 heavy (non-hydrogen) atoms. The molecule has 154 valence electrons. The first-order valence-electron chi connectivity index (χ1n) is 8.94. The van der Waals surface area contributed by atoms with Crippen LogP contribution in [0.4, 0.5) is 4.79 Å². The Morgan fingerprint density at radius 2 is 1.63 bits per heavy atom. The number of esters is 2. The fraction of sp³-hybridized carbons (Fsp3) is 0.833. The summed E-state index contributed by atoms with van der Waals surface area (Å²) in [5.41, 5.74) is -1.33. The van der Waals surface area contributed by atoms with Crippen LogP contribution in [0.1, 0.15) is 48.0 Å². The first-order chi connectivity index (χ1) is 12.3. The van der Waals surface area contributed by atoms with Crippen molar-refractivity contribution in [2.45, 2.75) is 63.7 Å². The highest BCUT2D eigenvalue weighted by atomic mass is 32.2. The quantitative estimate of drug-likeness (QED) is 0.509. The number of hydrogen-bond acceptors (Lipinski definition) is 8. The number of likely N-dealkylation sites (tertiary alicyclic amines) is 1. The summed E-state index contributed by atoms with van der Waals surface area (Å²) in [4.78, 5) is 38.5. The first kappa shape index (κ1) is 22.2. The van der Waals surface area contributed by atoms with Gasteiger partial charge in [-0.25, -0.2) is 9.59 Å². The second kappa shape index (κ2) is 8.11. The molecule has 0 aliphatic carbocycles. The maximum Gasteiger partial charge on any atom is 0.411 e. The Kier molecular flexibility index (Phi) is 6.67. The molecule has 0 saturated carbocycles. The predicted octanol–water partition coefficient (Wildman–Crippen LogP) is 3.26. The molecule has 2 saturated heterocycles. The molecule has 0 aromatic heterocycles. The third-order valence-electron chi connectivity index (χ3n) is 4.01. The molecular formula is C18H29NO6S2. The van der Waals surface area contributed by atoms with Gasteiger partial charge in [-0.2, -0.15) is 0 Å². The highest BCUT2D eigenvalue weighted by Crippen LogP contribution is 2.52. The van der Waals surface area contributed by atoms with E-state index in [0.29, 0.717) is 13.0 Å². The molecule has 1 atom stereocenters. The molecule has 0 N–H and O–H groups in total. The van der Waals surface area contributed by atoms with Crippen LogP contribution in [0, 0.1) is 5.41 Å². The van der Waals surface area contributed by atoms with E-state index in [1.54, 1.807) is 65.1 Å². The second-order valence-corrected chi connectivity index (χ2v) is 11.9. The topological polar surface area (TPSA) is 82.1 Å². The number of amides is 1. The minimum atomic E-state index is -0.744. The molecule has 0 unspecified atom stereocenters. The average molecular weight is 420 g/mol. The molecule has 0 bridgehead atoms. The number of rotatable bonds is 3. The van der Waals surface area contributed by atoms with Crippen LogP contribution in [0.15, 0.2) is 0 Å². The van der Waals surface area contributed by atoms with Crippen LogP contribution in [-0.4, -0.2) is 63.5 Å². The van der Waals surface area contributed by atoms with Crippen LogP contribution in [0.25, 0.3) is 0 Å². The third-order valence-corrected chi connectivity index (χ3v) is 7.43. The molecule has 0 aromatic carbocycles. The number of nitrogens with zero attached hydrogens (tertiary/aromatic N) is 1. The van der Waals surface area contributed by atoms with E-state index < -0.39 is 41.9 Å². The Balaban J connectivity index is 2.02. The Bertz CT molecular complexity index is 590. The van der Waals surface area contributed by atoms with Gasteiger partial charge in [0.2, 0.25) is 6.79 Å². The minimum Gasteiger partial charge on any atom is -0.444 e. The summed E-state index contributed by atoms with van der Waals surface area (Å²) >= 11 is 3.53. The Morgan fingerprint density at radius 1 is 1.04 bits per heavy atom. The Morgan fingerprint density at radius 3 is 2.15 bits per heavy atom. The van der Waals surface area contributed by atoms with Gasteiger partial charge in [-0.15, -0.1) is 23.5 Å². The highest BCUT2D eigenvalue weighted by molar-refractivity contribution is 8.21. The van der Waals surface area contributed by atoms with Gasteiger partial charge >= 0.3 is 18.0 Å². The van der Waals surface area contributed by atoms with Crippen molar-refractivity contribution in [2.24, 2.45) is 5.41 Å². The van der Waals surface area contributed by atoms with Crippen molar-refractivity contribution in [1.82, 2.24) is 4.90 Å². The van der Waals surface area contributed by atoms with Gasteiger partial charge in [0.15, 0.2) is 0 Å². The molecule has 2 fully saturated rings. The zero-order valence-electron chi connectivity index (χ0n) is 16.8. The number of hydrogen-bond donors (Lipinski definition) is 0. The second-order valence-electron chi connectivity index (χ2n) is 8.70. The van der Waals surface area contributed by atoms with E-state index in [-0.39, 0.29) is 4.08 Å². The molecule has 2 heterocycles. The zero-order chi connectivity index (χ0) is 20.5. The van der Waals surface area contributed by atoms with Gasteiger partial charge in [-0.1, -0.05) is 0 Å². The van der Waals surface area contributed by atoms with Gasteiger partial charge < -0.3 is 14.2 Å². The summed E-state index contributed by atoms with van der Waals surface area (Å²) in [6.45, 7) is 10.5. The SMILES string of the molecule is CC(C)(C)OC(=O)N1CC2(C[C@H]1C(=O)OCOC(=O)C(C)(C)C)SCCS2. The van der Waals surface area contributed by atoms with E-state index in [1.807, 2.05) is 0 Å². The highest BCUT2D eigenvalue weighted by Gasteiger charge is 2.52. The molecular weight excluding hydrogens is 390 g/mol. The summed E-state index contributed by atoms with van der Waals surface area (Å²) in [6, 6.07) is -0.744. The summed E-state index contributed by atoms with van der Waals surface area (Å²) in [5, 5.41) is 0. The van der Waals surface area contributed by atoms with E-state index in [0.717, 1.165) is 11.5 Å². The summed E-state index contributed by atoms with van der Waals surface area (Å²) in [7, 11) is 0. The van der Waals surface area contributed by atoms with Crippen molar-refractivity contribution in [3.63, 3.8) is 0 Å². The maximum atomic E-state index is 12.6. The lowest BCUT2D eigenvalue weighted by atomic mass is 9.98. The normalized spacial score (nSPS) is 22.0. The molecule has 2 aliphatic heterocycles. The average Bonchev–Trinajstić information content (AvgIpc) is 3.12. The molecule has 1 spiro atoms. The third kappa shape index (κ3) is 5.94. The van der Waals surface area contributed by atoms with Gasteiger partial charge in [0.05, 0.1) is 9.49 Å². The van der Waals surface area contributed by atoms with E-state index >= 15 is 0 Å². The molecule has 9 heteroatoms. The fourth-order valence-electron chi connectivity index (χ4n) is 2.72. The lowest BCUT2D eigenvalue weighted by Crippen LogP contribution is -2.44. The van der Waals surface area contributed by atoms with Gasteiger partial charge in [0.25, 0.3) is 0 Å². The number of carbonyl (C=O) groups is 3. The molecule has 7 nitrogen and oxygen atoms in total. The zero-order valence-corrected chi connectivity index (χ0v) is 18.5. The predicted molar refractivity (Wildman–Crippen MR) is 105 cm³/mol. The molecule has 2 aliphatic rings. The van der Waals surface area contributed by atoms with Gasteiger partial charge in [0, 0.05) is 24.5 Å². The lowest BCUT2D eigenvalue weighted by Gasteiger charge is -2.28. The molecule has 0 radical (unpaired) electrons. The van der Waals surface area contributed by atoms with Crippen LogP contribution < -0.4 is 0 Å². The van der Waals surface area contributed by atoms with Crippen LogP contribution in [-0.2, 0) is 23.8 Å². The Labute approximate surface area is 169 Å². The van der Waals surface area contributed by atoms with Crippen LogP contribution in [0.5, 0.6) is 0 Å². The summed E-state index contributed by atoms with van der Waals surface area (Å²) in [5.74, 6) is 0.937. The summed E-state index contributed by atoms with van der Waals surface area (Å²) in [6.07, 6.45) is -0.0331. The largest absolute Gasteiger partial charge is 0.444 e. The van der Waals surface area contributed by atoms with E-state index in [4.69, 9.17) is 14.2 Å². The smallest absolute Gasteiger partial charge is 0.411 e. The standard InChI is InChI=1S/C18H29NO6S2/c1-16(2,3)14(21)24-11-23-13(20)12-9-18(26-7-8-27-18)10-19(12)15(22)25-17(4,5)6/h12H,7-11H2,1-6H3/t12-/m0/s1. The van der Waals surface area contributed by atoms with Gasteiger partial charge in [-0.3, -0.25) is 9.69 Å². The minimum absolute atomic E-state index is 0.206. The van der Waals surface area contributed by atoms with Gasteiger partial charge in [-0.05, 0) is 41.5 Å². The monoisotopic (exact) mass is 419 g/mol. The Hall–Kier alpha value is -1.09. The molecule has 2 rings (SSSR count). The van der Waals surface area contributed by atoms with Crippen molar-refractivity contribution in [3.8, 4) is 0 Å². The van der Waals surface area contributed by atoms with E-state index in [1.165, 1.54) is 4.90 Å².